The molecule has 2 aromatic rings. The molecule has 0 radical (unpaired) electrons. The highest BCUT2D eigenvalue weighted by Gasteiger charge is 2.19. The summed E-state index contributed by atoms with van der Waals surface area (Å²) in [6.45, 7) is 4.16. The van der Waals surface area contributed by atoms with E-state index in [1.54, 1.807) is 12.1 Å². The van der Waals surface area contributed by atoms with Gasteiger partial charge in [-0.2, -0.15) is 0 Å². The molecule has 0 unspecified atom stereocenters. The second kappa shape index (κ2) is 5.10. The van der Waals surface area contributed by atoms with Gasteiger partial charge in [-0.25, -0.2) is 4.39 Å². The Morgan fingerprint density at radius 2 is 2.17 bits per heavy atom. The molecule has 0 saturated heterocycles. The van der Waals surface area contributed by atoms with Gasteiger partial charge in [-0.3, -0.25) is 0 Å². The molecule has 0 atom stereocenters. The summed E-state index contributed by atoms with van der Waals surface area (Å²) >= 11 is 3.23. The Morgan fingerprint density at radius 3 is 2.83 bits per heavy atom. The number of aromatic nitrogens is 1. The first-order valence-electron chi connectivity index (χ1n) is 5.69. The molecule has 96 valence electrons. The van der Waals surface area contributed by atoms with E-state index >= 15 is 0 Å². The maximum atomic E-state index is 13.5. The summed E-state index contributed by atoms with van der Waals surface area (Å²) < 4.78 is 18.9. The maximum Gasteiger partial charge on any atom is 0.225 e. The van der Waals surface area contributed by atoms with Crippen LogP contribution in [0, 0.1) is 11.7 Å². The Morgan fingerprint density at radius 1 is 1.44 bits per heavy atom. The SMILES string of the molecule is CC(C)Cc1c(-c2cccc(F)c2Br)noc1N. The fourth-order valence-corrected chi connectivity index (χ4v) is 2.28. The van der Waals surface area contributed by atoms with Crippen LogP contribution in [0.1, 0.15) is 19.4 Å². The minimum atomic E-state index is -0.329. The van der Waals surface area contributed by atoms with Crippen molar-refractivity contribution in [3.63, 3.8) is 0 Å². The fraction of sp³-hybridized carbons (Fsp3) is 0.308. The number of benzene rings is 1. The third-order valence-electron chi connectivity index (χ3n) is 2.64. The van der Waals surface area contributed by atoms with E-state index in [9.17, 15) is 4.39 Å². The first kappa shape index (κ1) is 13.1. The summed E-state index contributed by atoms with van der Waals surface area (Å²) in [5.74, 6) is 0.386. The Hall–Kier alpha value is -1.36. The van der Waals surface area contributed by atoms with E-state index in [-0.39, 0.29) is 5.82 Å². The molecular formula is C13H14BrFN2O. The predicted molar refractivity (Wildman–Crippen MR) is 72.6 cm³/mol. The van der Waals surface area contributed by atoms with Crippen molar-refractivity contribution in [2.24, 2.45) is 5.92 Å². The lowest BCUT2D eigenvalue weighted by atomic mass is 9.99. The minimum absolute atomic E-state index is 0.301. The van der Waals surface area contributed by atoms with Gasteiger partial charge >= 0.3 is 0 Å². The smallest absolute Gasteiger partial charge is 0.225 e. The van der Waals surface area contributed by atoms with Crippen molar-refractivity contribution in [1.29, 1.82) is 0 Å². The van der Waals surface area contributed by atoms with E-state index < -0.39 is 0 Å². The Labute approximate surface area is 113 Å². The summed E-state index contributed by atoms with van der Waals surface area (Å²) in [5, 5.41) is 3.94. The van der Waals surface area contributed by atoms with Gasteiger partial charge in [-0.1, -0.05) is 31.1 Å². The van der Waals surface area contributed by atoms with Crippen LogP contribution in [0.3, 0.4) is 0 Å². The standard InChI is InChI=1S/C13H14BrFN2O/c1-7(2)6-9-12(17-18-13(9)16)8-4-3-5-10(15)11(8)14/h3-5,7H,6,16H2,1-2H3. The van der Waals surface area contributed by atoms with E-state index in [4.69, 9.17) is 10.3 Å². The number of halogens is 2. The van der Waals surface area contributed by atoms with Crippen molar-refractivity contribution in [3.05, 3.63) is 34.1 Å². The third-order valence-corrected chi connectivity index (χ3v) is 3.44. The van der Waals surface area contributed by atoms with Gasteiger partial charge in [0.05, 0.1) is 4.47 Å². The molecule has 2 N–H and O–H groups in total. The monoisotopic (exact) mass is 312 g/mol. The lowest BCUT2D eigenvalue weighted by Crippen LogP contribution is -1.99. The van der Waals surface area contributed by atoms with Gasteiger partial charge in [0, 0.05) is 11.1 Å². The predicted octanol–water partition coefficient (Wildman–Crippen LogP) is 4.02. The van der Waals surface area contributed by atoms with Crippen LogP contribution in [-0.4, -0.2) is 5.16 Å². The highest BCUT2D eigenvalue weighted by Crippen LogP contribution is 2.34. The highest BCUT2D eigenvalue weighted by molar-refractivity contribution is 9.10. The Balaban J connectivity index is 2.54. The zero-order chi connectivity index (χ0) is 13.3. The number of nitrogen functional groups attached to an aromatic ring is 1. The van der Waals surface area contributed by atoms with Gasteiger partial charge in [0.15, 0.2) is 0 Å². The molecular weight excluding hydrogens is 299 g/mol. The molecule has 0 spiro atoms. The lowest BCUT2D eigenvalue weighted by molar-refractivity contribution is 0.438. The Kier molecular flexibility index (Phi) is 3.71. The summed E-state index contributed by atoms with van der Waals surface area (Å²) in [7, 11) is 0. The first-order valence-corrected chi connectivity index (χ1v) is 6.48. The fourth-order valence-electron chi connectivity index (χ4n) is 1.83. The van der Waals surface area contributed by atoms with Crippen LogP contribution >= 0.6 is 15.9 Å². The Bertz CT molecular complexity index is 566. The van der Waals surface area contributed by atoms with Crippen LogP contribution in [0.4, 0.5) is 10.3 Å². The van der Waals surface area contributed by atoms with Crippen molar-refractivity contribution in [1.82, 2.24) is 5.16 Å². The highest BCUT2D eigenvalue weighted by atomic mass is 79.9. The number of anilines is 1. The minimum Gasteiger partial charge on any atom is -0.367 e. The molecule has 18 heavy (non-hydrogen) atoms. The molecule has 0 aliphatic carbocycles. The van der Waals surface area contributed by atoms with Crippen LogP contribution in [0.25, 0.3) is 11.3 Å². The zero-order valence-corrected chi connectivity index (χ0v) is 11.8. The summed E-state index contributed by atoms with van der Waals surface area (Å²) in [6.07, 6.45) is 0.744. The summed E-state index contributed by atoms with van der Waals surface area (Å²) in [6, 6.07) is 4.81. The van der Waals surface area contributed by atoms with E-state index in [0.717, 1.165) is 12.0 Å². The molecule has 2 rings (SSSR count). The van der Waals surface area contributed by atoms with Gasteiger partial charge in [-0.15, -0.1) is 0 Å². The normalized spacial score (nSPS) is 11.2. The first-order chi connectivity index (χ1) is 8.50. The maximum absolute atomic E-state index is 13.5. The second-order valence-corrected chi connectivity index (χ2v) is 5.37. The second-order valence-electron chi connectivity index (χ2n) is 4.57. The molecule has 0 amide bonds. The van der Waals surface area contributed by atoms with E-state index in [1.165, 1.54) is 6.07 Å². The van der Waals surface area contributed by atoms with Crippen molar-refractivity contribution in [2.75, 3.05) is 5.73 Å². The number of hydrogen-bond donors (Lipinski definition) is 1. The molecule has 1 aromatic heterocycles. The molecule has 1 aromatic carbocycles. The molecule has 0 aliphatic heterocycles. The topological polar surface area (TPSA) is 52.0 Å². The van der Waals surface area contributed by atoms with Crippen molar-refractivity contribution >= 4 is 21.8 Å². The molecule has 5 heteroatoms. The summed E-state index contributed by atoms with van der Waals surface area (Å²) in [4.78, 5) is 0. The van der Waals surface area contributed by atoms with Crippen LogP contribution < -0.4 is 5.73 Å². The number of rotatable bonds is 3. The lowest BCUT2D eigenvalue weighted by Gasteiger charge is -2.07. The van der Waals surface area contributed by atoms with Crippen molar-refractivity contribution in [2.45, 2.75) is 20.3 Å². The molecule has 0 bridgehead atoms. The zero-order valence-electron chi connectivity index (χ0n) is 10.2. The molecule has 1 heterocycles. The molecule has 0 aliphatic rings. The number of nitrogens with two attached hydrogens (primary N) is 1. The van der Waals surface area contributed by atoms with Crippen LogP contribution in [0.2, 0.25) is 0 Å². The van der Waals surface area contributed by atoms with Gasteiger partial charge in [0.25, 0.3) is 0 Å². The van der Waals surface area contributed by atoms with Gasteiger partial charge in [-0.05, 0) is 34.3 Å². The average molecular weight is 313 g/mol. The molecule has 0 saturated carbocycles. The van der Waals surface area contributed by atoms with Crippen molar-refractivity contribution < 1.29 is 8.91 Å². The third kappa shape index (κ3) is 2.41. The van der Waals surface area contributed by atoms with Gasteiger partial charge in [0.2, 0.25) is 5.88 Å². The van der Waals surface area contributed by atoms with Gasteiger partial charge in [0.1, 0.15) is 11.5 Å². The van der Waals surface area contributed by atoms with Gasteiger partial charge < -0.3 is 10.3 Å². The van der Waals surface area contributed by atoms with Crippen molar-refractivity contribution in [3.8, 4) is 11.3 Å². The summed E-state index contributed by atoms with van der Waals surface area (Å²) in [5.41, 5.74) is 7.87. The van der Waals surface area contributed by atoms with E-state index in [0.29, 0.717) is 27.5 Å². The van der Waals surface area contributed by atoms with E-state index in [2.05, 4.69) is 34.9 Å². The van der Waals surface area contributed by atoms with Crippen LogP contribution in [-0.2, 0) is 6.42 Å². The quantitative estimate of drug-likeness (QED) is 0.931. The van der Waals surface area contributed by atoms with Crippen LogP contribution in [0.15, 0.2) is 27.2 Å². The molecule has 3 nitrogen and oxygen atoms in total. The van der Waals surface area contributed by atoms with E-state index in [1.807, 2.05) is 0 Å². The van der Waals surface area contributed by atoms with Crippen LogP contribution in [0.5, 0.6) is 0 Å². The average Bonchev–Trinajstić information content (AvgIpc) is 2.64. The number of nitrogens with zero attached hydrogens (tertiary/aromatic N) is 1. The largest absolute Gasteiger partial charge is 0.367 e. The molecule has 0 fully saturated rings. The number of hydrogen-bond acceptors (Lipinski definition) is 3.